The summed E-state index contributed by atoms with van der Waals surface area (Å²) in [5, 5.41) is 3.47. The molecule has 0 spiro atoms. The van der Waals surface area contributed by atoms with Gasteiger partial charge in [0, 0.05) is 17.8 Å². The fourth-order valence-electron chi connectivity index (χ4n) is 2.12. The van der Waals surface area contributed by atoms with Crippen molar-refractivity contribution in [1.82, 2.24) is 15.3 Å². The van der Waals surface area contributed by atoms with E-state index in [2.05, 4.69) is 21.4 Å². The van der Waals surface area contributed by atoms with E-state index in [4.69, 9.17) is 4.74 Å². The molecular formula is C13H15N3O. The summed E-state index contributed by atoms with van der Waals surface area (Å²) in [4.78, 5) is 7.35. The molecule has 17 heavy (non-hydrogen) atoms. The van der Waals surface area contributed by atoms with E-state index < -0.39 is 0 Å². The maximum atomic E-state index is 5.62. The van der Waals surface area contributed by atoms with E-state index >= 15 is 0 Å². The number of aromatic nitrogens is 2. The lowest BCUT2D eigenvalue weighted by atomic mass is 10.1. The molecule has 2 N–H and O–H groups in total. The lowest BCUT2D eigenvalue weighted by Crippen LogP contribution is -2.22. The number of hydrogen-bond acceptors (Lipinski definition) is 3. The normalized spacial score (nSPS) is 17.8. The zero-order valence-electron chi connectivity index (χ0n) is 9.73. The van der Waals surface area contributed by atoms with Gasteiger partial charge in [0.25, 0.3) is 0 Å². The van der Waals surface area contributed by atoms with E-state index in [0.29, 0.717) is 6.61 Å². The molecule has 1 atom stereocenters. The fraction of sp³-hybridized carbons (Fsp3) is 0.308. The Kier molecular flexibility index (Phi) is 2.57. The number of hydrogen-bond donors (Lipinski definition) is 2. The van der Waals surface area contributed by atoms with Crippen molar-refractivity contribution < 1.29 is 4.74 Å². The molecule has 0 bridgehead atoms. The van der Waals surface area contributed by atoms with Gasteiger partial charge in [0.05, 0.1) is 18.1 Å². The molecule has 2 aromatic rings. The van der Waals surface area contributed by atoms with Crippen LogP contribution in [0.2, 0.25) is 0 Å². The number of nitrogens with one attached hydrogen (secondary N) is 2. The first kappa shape index (κ1) is 10.4. The number of aromatic amines is 1. The maximum Gasteiger partial charge on any atom is 0.124 e. The molecule has 2 heterocycles. The van der Waals surface area contributed by atoms with E-state index in [1.807, 2.05) is 25.1 Å². The van der Waals surface area contributed by atoms with Gasteiger partial charge >= 0.3 is 0 Å². The van der Waals surface area contributed by atoms with Crippen molar-refractivity contribution in [2.45, 2.75) is 19.5 Å². The first-order valence-corrected chi connectivity index (χ1v) is 5.78. The number of benzene rings is 1. The van der Waals surface area contributed by atoms with Crippen molar-refractivity contribution in [2.24, 2.45) is 0 Å². The number of imidazole rings is 1. The molecule has 4 heteroatoms. The second kappa shape index (κ2) is 4.22. The minimum absolute atomic E-state index is 0.266. The zero-order chi connectivity index (χ0) is 11.7. The number of H-pyrrole nitrogens is 1. The Morgan fingerprint density at radius 3 is 3.18 bits per heavy atom. The molecule has 3 rings (SSSR count). The van der Waals surface area contributed by atoms with Crippen LogP contribution in [0.3, 0.4) is 0 Å². The lowest BCUT2D eigenvalue weighted by Gasteiger charge is -2.10. The third-order valence-corrected chi connectivity index (χ3v) is 3.15. The molecule has 1 aromatic heterocycles. The third kappa shape index (κ3) is 1.91. The summed E-state index contributed by atoms with van der Waals surface area (Å²) in [7, 11) is 0. The summed E-state index contributed by atoms with van der Waals surface area (Å²) < 4.78 is 5.62. The highest BCUT2D eigenvalue weighted by Crippen LogP contribution is 2.31. The van der Waals surface area contributed by atoms with Crippen molar-refractivity contribution in [1.29, 1.82) is 0 Å². The standard InChI is InChI=1S/C13H15N3O/c1-9-11(16-8-15-9)6-14-12-7-17-13-5-3-2-4-10(12)13/h2-5,8,12,14H,6-7H2,1H3,(H,15,16). The van der Waals surface area contributed by atoms with Crippen LogP contribution >= 0.6 is 0 Å². The summed E-state index contributed by atoms with van der Waals surface area (Å²) in [6.45, 7) is 3.49. The molecule has 0 fully saturated rings. The summed E-state index contributed by atoms with van der Waals surface area (Å²) in [6.07, 6.45) is 1.73. The molecule has 1 aliphatic heterocycles. The van der Waals surface area contributed by atoms with Gasteiger partial charge in [0.15, 0.2) is 0 Å². The summed E-state index contributed by atoms with van der Waals surface area (Å²) in [6, 6.07) is 8.43. The van der Waals surface area contributed by atoms with Gasteiger partial charge in [0.1, 0.15) is 12.4 Å². The molecule has 0 amide bonds. The summed E-state index contributed by atoms with van der Waals surface area (Å²) in [5.41, 5.74) is 3.42. The van der Waals surface area contributed by atoms with Crippen LogP contribution in [0.15, 0.2) is 30.6 Å². The summed E-state index contributed by atoms with van der Waals surface area (Å²) >= 11 is 0. The number of rotatable bonds is 3. The van der Waals surface area contributed by atoms with Gasteiger partial charge in [-0.25, -0.2) is 4.98 Å². The quantitative estimate of drug-likeness (QED) is 0.845. The highest BCUT2D eigenvalue weighted by molar-refractivity contribution is 5.39. The van der Waals surface area contributed by atoms with Crippen LogP contribution in [0.4, 0.5) is 0 Å². The Labute approximate surface area is 100 Å². The van der Waals surface area contributed by atoms with E-state index in [1.54, 1.807) is 6.33 Å². The van der Waals surface area contributed by atoms with Crippen molar-refractivity contribution in [3.05, 3.63) is 47.5 Å². The Morgan fingerprint density at radius 2 is 2.35 bits per heavy atom. The SMILES string of the molecule is Cc1[nH]cnc1CNC1COc2ccccc21. The van der Waals surface area contributed by atoms with E-state index in [1.165, 1.54) is 5.56 Å². The molecule has 0 radical (unpaired) electrons. The molecular weight excluding hydrogens is 214 g/mol. The van der Waals surface area contributed by atoms with E-state index in [0.717, 1.165) is 23.7 Å². The minimum atomic E-state index is 0.266. The van der Waals surface area contributed by atoms with E-state index in [9.17, 15) is 0 Å². The van der Waals surface area contributed by atoms with Gasteiger partial charge in [-0.1, -0.05) is 18.2 Å². The number of para-hydroxylation sites is 1. The molecule has 88 valence electrons. The predicted octanol–water partition coefficient (Wildman–Crippen LogP) is 1.94. The minimum Gasteiger partial charge on any atom is -0.491 e. The van der Waals surface area contributed by atoms with Gasteiger partial charge in [-0.05, 0) is 13.0 Å². The monoisotopic (exact) mass is 229 g/mol. The molecule has 1 unspecified atom stereocenters. The second-order valence-electron chi connectivity index (χ2n) is 4.26. The number of fused-ring (bicyclic) bond motifs is 1. The molecule has 4 nitrogen and oxygen atoms in total. The number of nitrogens with zero attached hydrogens (tertiary/aromatic N) is 1. The van der Waals surface area contributed by atoms with Gasteiger partial charge in [0.2, 0.25) is 0 Å². The van der Waals surface area contributed by atoms with Gasteiger partial charge in [-0.3, -0.25) is 0 Å². The Balaban J connectivity index is 1.70. The lowest BCUT2D eigenvalue weighted by molar-refractivity contribution is 0.310. The number of ether oxygens (including phenoxy) is 1. The molecule has 0 saturated heterocycles. The Morgan fingerprint density at radius 1 is 1.47 bits per heavy atom. The van der Waals surface area contributed by atoms with Crippen LogP contribution < -0.4 is 10.1 Å². The van der Waals surface area contributed by atoms with Crippen LogP contribution in [0.1, 0.15) is 23.0 Å². The Hall–Kier alpha value is -1.81. The predicted molar refractivity (Wildman–Crippen MR) is 64.8 cm³/mol. The van der Waals surface area contributed by atoms with Crippen molar-refractivity contribution in [3.8, 4) is 5.75 Å². The first-order valence-electron chi connectivity index (χ1n) is 5.78. The summed E-state index contributed by atoms with van der Waals surface area (Å²) in [5.74, 6) is 0.990. The molecule has 0 saturated carbocycles. The molecule has 1 aliphatic rings. The van der Waals surface area contributed by atoms with Crippen molar-refractivity contribution in [2.75, 3.05) is 6.61 Å². The first-order chi connectivity index (χ1) is 8.34. The topological polar surface area (TPSA) is 49.9 Å². The van der Waals surface area contributed by atoms with Crippen molar-refractivity contribution >= 4 is 0 Å². The number of aryl methyl sites for hydroxylation is 1. The molecule has 0 aliphatic carbocycles. The largest absolute Gasteiger partial charge is 0.491 e. The Bertz CT molecular complexity index is 521. The van der Waals surface area contributed by atoms with Crippen LogP contribution in [0.5, 0.6) is 5.75 Å². The average molecular weight is 229 g/mol. The van der Waals surface area contributed by atoms with Crippen molar-refractivity contribution in [3.63, 3.8) is 0 Å². The van der Waals surface area contributed by atoms with Crippen LogP contribution in [-0.2, 0) is 6.54 Å². The van der Waals surface area contributed by atoms with Gasteiger partial charge in [-0.2, -0.15) is 0 Å². The zero-order valence-corrected chi connectivity index (χ0v) is 9.73. The van der Waals surface area contributed by atoms with Crippen LogP contribution in [0.25, 0.3) is 0 Å². The molecule has 1 aromatic carbocycles. The van der Waals surface area contributed by atoms with Crippen LogP contribution in [-0.4, -0.2) is 16.6 Å². The highest BCUT2D eigenvalue weighted by atomic mass is 16.5. The van der Waals surface area contributed by atoms with Gasteiger partial charge < -0.3 is 15.0 Å². The average Bonchev–Trinajstić information content (AvgIpc) is 2.93. The smallest absolute Gasteiger partial charge is 0.124 e. The highest BCUT2D eigenvalue weighted by Gasteiger charge is 2.23. The second-order valence-corrected chi connectivity index (χ2v) is 4.26. The fourth-order valence-corrected chi connectivity index (χ4v) is 2.12. The van der Waals surface area contributed by atoms with Crippen LogP contribution in [0, 0.1) is 6.92 Å². The third-order valence-electron chi connectivity index (χ3n) is 3.15. The van der Waals surface area contributed by atoms with Gasteiger partial charge in [-0.15, -0.1) is 0 Å². The van der Waals surface area contributed by atoms with E-state index in [-0.39, 0.29) is 6.04 Å². The maximum absolute atomic E-state index is 5.62.